The third kappa shape index (κ3) is 1.25. The lowest BCUT2D eigenvalue weighted by molar-refractivity contribution is 0.210. The lowest BCUT2D eigenvalue weighted by Crippen LogP contribution is -2.29. The highest BCUT2D eigenvalue weighted by Crippen LogP contribution is 2.38. The van der Waals surface area contributed by atoms with Gasteiger partial charge in [-0.25, -0.2) is 0 Å². The Hall–Kier alpha value is 0.110. The summed E-state index contributed by atoms with van der Waals surface area (Å²) >= 11 is 0. The van der Waals surface area contributed by atoms with Crippen LogP contribution in [0.5, 0.6) is 0 Å². The normalized spacial score (nSPS) is 49.5. The minimum Gasteiger partial charge on any atom is -0.396 e. The van der Waals surface area contributed by atoms with Gasteiger partial charge in [-0.15, -0.1) is 0 Å². The van der Waals surface area contributed by atoms with E-state index in [4.69, 9.17) is 5.11 Å². The molecule has 2 bridgehead atoms. The molecule has 2 atom stereocenters. The number of hydrogen-bond donors (Lipinski definition) is 1. The minimum absolute atomic E-state index is 0.296. The van der Waals surface area contributed by atoms with Gasteiger partial charge in [0.25, 0.3) is 0 Å². The maximum Gasteiger partial charge on any atom is 0.0460 e. The summed E-state index contributed by atoms with van der Waals surface area (Å²) in [7, 11) is -0.552. The zero-order valence-electron chi connectivity index (χ0n) is 6.53. The molecule has 0 spiro atoms. The van der Waals surface area contributed by atoms with Crippen molar-refractivity contribution in [3.63, 3.8) is 0 Å². The van der Waals surface area contributed by atoms with E-state index in [-0.39, 0.29) is 0 Å². The lowest BCUT2D eigenvalue weighted by atomic mass is 10.0. The second-order valence-corrected chi connectivity index (χ2v) is 5.66. The summed E-state index contributed by atoms with van der Waals surface area (Å²) in [6.07, 6.45) is 4.26. The summed E-state index contributed by atoms with van der Waals surface area (Å²) in [4.78, 5) is 0. The van der Waals surface area contributed by atoms with Crippen molar-refractivity contribution >= 4 is 10.8 Å². The first-order chi connectivity index (χ1) is 5.31. The van der Waals surface area contributed by atoms with Crippen LogP contribution in [0.2, 0.25) is 0 Å². The highest BCUT2D eigenvalue weighted by molar-refractivity contribution is 7.86. The van der Waals surface area contributed by atoms with Crippen LogP contribution in [0.1, 0.15) is 25.7 Å². The molecular formula is C8H14O2S. The van der Waals surface area contributed by atoms with Crippen molar-refractivity contribution in [3.05, 3.63) is 0 Å². The topological polar surface area (TPSA) is 37.3 Å². The van der Waals surface area contributed by atoms with Crippen LogP contribution in [0.25, 0.3) is 0 Å². The van der Waals surface area contributed by atoms with Crippen LogP contribution in [0, 0.1) is 5.92 Å². The second-order valence-electron chi connectivity index (χ2n) is 3.67. The van der Waals surface area contributed by atoms with E-state index in [1.165, 1.54) is 0 Å². The number of hydrogen-bond acceptors (Lipinski definition) is 2. The van der Waals surface area contributed by atoms with Crippen molar-refractivity contribution in [2.75, 3.05) is 6.61 Å². The number of rotatable bonds is 1. The molecule has 0 aliphatic carbocycles. The monoisotopic (exact) mass is 174 g/mol. The third-order valence-electron chi connectivity index (χ3n) is 2.92. The summed E-state index contributed by atoms with van der Waals surface area (Å²) < 4.78 is 11.5. The number of aliphatic hydroxyl groups is 1. The first-order valence-electron chi connectivity index (χ1n) is 4.31. The molecule has 2 saturated heterocycles. The molecule has 0 saturated carbocycles. The molecule has 3 heteroatoms. The van der Waals surface area contributed by atoms with Crippen molar-refractivity contribution < 1.29 is 9.32 Å². The molecular weight excluding hydrogens is 160 g/mol. The maximum absolute atomic E-state index is 11.5. The second kappa shape index (κ2) is 2.87. The van der Waals surface area contributed by atoms with E-state index in [0.717, 1.165) is 25.7 Å². The SMILES string of the molecule is O=S1C2CCC1CC(CO)C2. The summed E-state index contributed by atoms with van der Waals surface area (Å²) in [5, 5.41) is 9.79. The van der Waals surface area contributed by atoms with Gasteiger partial charge in [0.1, 0.15) is 0 Å². The molecule has 2 heterocycles. The molecule has 0 aromatic heterocycles. The minimum atomic E-state index is -0.552. The molecule has 2 fully saturated rings. The molecule has 0 amide bonds. The number of fused-ring (bicyclic) bond motifs is 2. The van der Waals surface area contributed by atoms with Gasteiger partial charge in [-0.1, -0.05) is 0 Å². The third-order valence-corrected chi connectivity index (χ3v) is 5.09. The first kappa shape index (κ1) is 7.74. The Kier molecular flexibility index (Phi) is 2.02. The van der Waals surface area contributed by atoms with Gasteiger partial charge < -0.3 is 5.11 Å². The van der Waals surface area contributed by atoms with E-state index < -0.39 is 10.8 Å². The summed E-state index contributed by atoms with van der Waals surface area (Å²) in [5.41, 5.74) is 0. The Balaban J connectivity index is 2.08. The standard InChI is InChI=1S/C8H14O2S/c9-5-6-3-7-1-2-8(4-6)11(7)10/h6-9H,1-5H2. The maximum atomic E-state index is 11.5. The summed E-state index contributed by atoms with van der Waals surface area (Å²) in [6, 6.07) is 0. The largest absolute Gasteiger partial charge is 0.396 e. The first-order valence-corrected chi connectivity index (χ1v) is 5.59. The van der Waals surface area contributed by atoms with Crippen LogP contribution in [0.4, 0.5) is 0 Å². The van der Waals surface area contributed by atoms with Crippen LogP contribution in [-0.4, -0.2) is 26.4 Å². The van der Waals surface area contributed by atoms with Gasteiger partial charge in [-0.3, -0.25) is 4.21 Å². The average molecular weight is 174 g/mol. The molecule has 2 nitrogen and oxygen atoms in total. The van der Waals surface area contributed by atoms with Crippen molar-refractivity contribution in [1.82, 2.24) is 0 Å². The average Bonchev–Trinajstić information content (AvgIpc) is 2.26. The summed E-state index contributed by atoms with van der Waals surface area (Å²) in [5.74, 6) is 0.449. The van der Waals surface area contributed by atoms with Gasteiger partial charge in [0.2, 0.25) is 0 Å². The van der Waals surface area contributed by atoms with Gasteiger partial charge in [0, 0.05) is 27.9 Å². The van der Waals surface area contributed by atoms with Crippen molar-refractivity contribution in [2.45, 2.75) is 36.2 Å². The molecule has 2 rings (SSSR count). The highest BCUT2D eigenvalue weighted by Gasteiger charge is 2.39. The van der Waals surface area contributed by atoms with Gasteiger partial charge in [0.15, 0.2) is 0 Å². The summed E-state index contributed by atoms with van der Waals surface area (Å²) in [6.45, 7) is 0.296. The van der Waals surface area contributed by atoms with Crippen LogP contribution in [0.3, 0.4) is 0 Å². The Morgan fingerprint density at radius 3 is 2.27 bits per heavy atom. The van der Waals surface area contributed by atoms with Crippen molar-refractivity contribution in [3.8, 4) is 0 Å². The number of aliphatic hydroxyl groups excluding tert-OH is 1. The Morgan fingerprint density at radius 1 is 1.27 bits per heavy atom. The Morgan fingerprint density at radius 2 is 1.82 bits per heavy atom. The fourth-order valence-electron chi connectivity index (χ4n) is 2.29. The molecule has 1 N–H and O–H groups in total. The van der Waals surface area contributed by atoms with Gasteiger partial charge in [-0.2, -0.15) is 0 Å². The van der Waals surface area contributed by atoms with E-state index in [1.54, 1.807) is 0 Å². The Labute approximate surface area is 69.5 Å². The molecule has 2 unspecified atom stereocenters. The van der Waals surface area contributed by atoms with E-state index in [1.807, 2.05) is 0 Å². The molecule has 64 valence electrons. The molecule has 0 radical (unpaired) electrons. The zero-order chi connectivity index (χ0) is 7.84. The van der Waals surface area contributed by atoms with Gasteiger partial charge in [0.05, 0.1) is 0 Å². The van der Waals surface area contributed by atoms with Crippen molar-refractivity contribution in [2.24, 2.45) is 5.92 Å². The van der Waals surface area contributed by atoms with Crippen LogP contribution < -0.4 is 0 Å². The van der Waals surface area contributed by atoms with Crippen LogP contribution >= 0.6 is 0 Å². The quantitative estimate of drug-likeness (QED) is 0.634. The molecule has 2 aliphatic rings. The fourth-order valence-corrected chi connectivity index (χ4v) is 4.50. The van der Waals surface area contributed by atoms with E-state index in [9.17, 15) is 4.21 Å². The van der Waals surface area contributed by atoms with Gasteiger partial charge >= 0.3 is 0 Å². The van der Waals surface area contributed by atoms with Crippen LogP contribution in [-0.2, 0) is 10.8 Å². The highest BCUT2D eigenvalue weighted by atomic mass is 32.2. The smallest absolute Gasteiger partial charge is 0.0460 e. The predicted molar refractivity (Wildman–Crippen MR) is 44.8 cm³/mol. The van der Waals surface area contributed by atoms with Gasteiger partial charge in [-0.05, 0) is 31.6 Å². The van der Waals surface area contributed by atoms with Crippen LogP contribution in [0.15, 0.2) is 0 Å². The molecule has 0 aromatic carbocycles. The zero-order valence-corrected chi connectivity index (χ0v) is 7.35. The molecule has 11 heavy (non-hydrogen) atoms. The Bertz CT molecular complexity index is 165. The van der Waals surface area contributed by atoms with E-state index >= 15 is 0 Å². The van der Waals surface area contributed by atoms with Crippen molar-refractivity contribution in [1.29, 1.82) is 0 Å². The van der Waals surface area contributed by atoms with E-state index in [2.05, 4.69) is 0 Å². The molecule has 2 aliphatic heterocycles. The fraction of sp³-hybridized carbons (Fsp3) is 1.00. The lowest BCUT2D eigenvalue weighted by Gasteiger charge is -2.25. The molecule has 0 aromatic rings. The predicted octanol–water partition coefficient (Wildman–Crippen LogP) is 0.668. The van der Waals surface area contributed by atoms with E-state index in [0.29, 0.717) is 23.0 Å².